The molecule has 0 amide bonds. The summed E-state index contributed by atoms with van der Waals surface area (Å²) in [6.45, 7) is 5.88. The average Bonchev–Trinajstić information content (AvgIpc) is 2.73. The van der Waals surface area contributed by atoms with Crippen molar-refractivity contribution < 1.29 is 4.79 Å². The van der Waals surface area contributed by atoms with Crippen molar-refractivity contribution >= 4 is 28.4 Å². The predicted octanol–water partition coefficient (Wildman–Crippen LogP) is 4.68. The molecule has 0 unspecified atom stereocenters. The second-order valence-electron chi connectivity index (χ2n) is 7.28. The number of Topliss-reactive ketones (excluding diaryl/α,β-unsaturated/α-hetero) is 1. The number of aromatic nitrogens is 3. The highest BCUT2D eigenvalue weighted by atomic mass is 32.2. The van der Waals surface area contributed by atoms with Crippen molar-refractivity contribution in [2.45, 2.75) is 25.9 Å². The van der Waals surface area contributed by atoms with Gasteiger partial charge in [0.1, 0.15) is 5.82 Å². The van der Waals surface area contributed by atoms with Gasteiger partial charge in [-0.15, -0.1) is 0 Å². The highest BCUT2D eigenvalue weighted by Gasteiger charge is 2.17. The minimum absolute atomic E-state index is 0.00308. The van der Waals surface area contributed by atoms with Gasteiger partial charge in [-0.25, -0.2) is 14.5 Å². The topological polar surface area (TPSA) is 64.8 Å². The molecule has 150 valence electrons. The summed E-state index contributed by atoms with van der Waals surface area (Å²) >= 11 is 1.25. The smallest absolute Gasteiger partial charge is 0.267 e. The summed E-state index contributed by atoms with van der Waals surface area (Å²) in [4.78, 5) is 35.1. The number of fused-ring (bicyclic) bond motifs is 1. The third-order valence-corrected chi connectivity index (χ3v) is 5.82. The molecule has 2 aromatic carbocycles. The van der Waals surface area contributed by atoms with Gasteiger partial charge in [0.05, 0.1) is 16.7 Å². The Morgan fingerprint density at radius 2 is 1.77 bits per heavy atom. The third kappa shape index (κ3) is 3.91. The van der Waals surface area contributed by atoms with E-state index in [-0.39, 0.29) is 17.1 Å². The molecule has 2 heterocycles. The van der Waals surface area contributed by atoms with E-state index >= 15 is 0 Å². The number of rotatable bonds is 5. The van der Waals surface area contributed by atoms with E-state index in [2.05, 4.69) is 9.97 Å². The first-order valence-corrected chi connectivity index (χ1v) is 10.6. The van der Waals surface area contributed by atoms with Crippen molar-refractivity contribution in [2.24, 2.45) is 0 Å². The van der Waals surface area contributed by atoms with Gasteiger partial charge < -0.3 is 0 Å². The van der Waals surface area contributed by atoms with Gasteiger partial charge in [-0.3, -0.25) is 9.59 Å². The average molecular weight is 416 g/mol. The fraction of sp³-hybridized carbons (Fsp3) is 0.167. The number of pyridine rings is 1. The Hall–Kier alpha value is -3.25. The van der Waals surface area contributed by atoms with Crippen LogP contribution in [0.15, 0.2) is 70.7 Å². The molecule has 2 aromatic heterocycles. The van der Waals surface area contributed by atoms with Crippen LogP contribution in [-0.4, -0.2) is 26.1 Å². The molecule has 0 saturated carbocycles. The number of carbonyl (C=O) groups is 1. The molecule has 4 rings (SSSR count). The lowest BCUT2D eigenvalue weighted by molar-refractivity contribution is 0.102. The van der Waals surface area contributed by atoms with Gasteiger partial charge in [-0.2, -0.15) is 0 Å². The number of para-hydroxylation sites is 1. The highest BCUT2D eigenvalue weighted by Crippen LogP contribution is 2.22. The van der Waals surface area contributed by atoms with E-state index in [0.717, 1.165) is 16.7 Å². The predicted molar refractivity (Wildman–Crippen MR) is 121 cm³/mol. The van der Waals surface area contributed by atoms with Crippen LogP contribution < -0.4 is 5.56 Å². The van der Waals surface area contributed by atoms with Crippen molar-refractivity contribution in [2.75, 3.05) is 5.75 Å². The molecule has 0 fully saturated rings. The SMILES string of the molecule is Cc1ccc(-n2c(SCC(=O)c3ccc(C)cc3C)nc3ccccc3c2=O)nc1. The van der Waals surface area contributed by atoms with Crippen LogP contribution in [0, 0.1) is 20.8 Å². The number of thioether (sulfide) groups is 1. The summed E-state index contributed by atoms with van der Waals surface area (Å²) in [5, 5.41) is 0.970. The summed E-state index contributed by atoms with van der Waals surface area (Å²) in [7, 11) is 0. The molecule has 0 aliphatic carbocycles. The van der Waals surface area contributed by atoms with Crippen molar-refractivity contribution in [1.82, 2.24) is 14.5 Å². The lowest BCUT2D eigenvalue weighted by Crippen LogP contribution is -2.23. The largest absolute Gasteiger partial charge is 0.293 e. The molecule has 5 nitrogen and oxygen atoms in total. The van der Waals surface area contributed by atoms with Gasteiger partial charge in [-0.1, -0.05) is 53.7 Å². The van der Waals surface area contributed by atoms with Gasteiger partial charge in [-0.05, 0) is 50.1 Å². The number of nitrogens with zero attached hydrogens (tertiary/aromatic N) is 3. The van der Waals surface area contributed by atoms with Crippen LogP contribution in [-0.2, 0) is 0 Å². The Bertz CT molecular complexity index is 1310. The molecule has 0 aliphatic rings. The third-order valence-electron chi connectivity index (χ3n) is 4.88. The Balaban J connectivity index is 1.75. The Morgan fingerprint density at radius 3 is 2.50 bits per heavy atom. The Kier molecular flexibility index (Phi) is 5.50. The molecular weight excluding hydrogens is 394 g/mol. The number of hydrogen-bond acceptors (Lipinski definition) is 5. The van der Waals surface area contributed by atoms with Crippen LogP contribution in [0.4, 0.5) is 0 Å². The summed E-state index contributed by atoms with van der Waals surface area (Å²) in [6, 6.07) is 16.7. The number of hydrogen-bond donors (Lipinski definition) is 0. The fourth-order valence-corrected chi connectivity index (χ4v) is 4.22. The molecule has 0 atom stereocenters. The van der Waals surface area contributed by atoms with Crippen LogP contribution in [0.1, 0.15) is 27.0 Å². The minimum Gasteiger partial charge on any atom is -0.293 e. The number of benzene rings is 2. The number of ketones is 1. The van der Waals surface area contributed by atoms with Crippen molar-refractivity contribution in [3.8, 4) is 5.82 Å². The van der Waals surface area contributed by atoms with Crippen LogP contribution in [0.25, 0.3) is 16.7 Å². The van der Waals surface area contributed by atoms with E-state index in [1.54, 1.807) is 24.4 Å². The van der Waals surface area contributed by atoms with Crippen LogP contribution in [0.2, 0.25) is 0 Å². The first-order chi connectivity index (χ1) is 14.4. The molecular formula is C24H21N3O2S. The van der Waals surface area contributed by atoms with Gasteiger partial charge in [0.25, 0.3) is 5.56 Å². The van der Waals surface area contributed by atoms with Crippen LogP contribution >= 0.6 is 11.8 Å². The van der Waals surface area contributed by atoms with Crippen LogP contribution in [0.3, 0.4) is 0 Å². The zero-order valence-corrected chi connectivity index (χ0v) is 17.9. The van der Waals surface area contributed by atoms with Crippen LogP contribution in [0.5, 0.6) is 0 Å². The summed E-state index contributed by atoms with van der Waals surface area (Å²) < 4.78 is 1.49. The summed E-state index contributed by atoms with van der Waals surface area (Å²) in [6.07, 6.45) is 1.71. The van der Waals surface area contributed by atoms with E-state index < -0.39 is 0 Å². The molecule has 30 heavy (non-hydrogen) atoms. The zero-order valence-electron chi connectivity index (χ0n) is 17.0. The zero-order chi connectivity index (χ0) is 21.3. The normalized spacial score (nSPS) is 11.0. The number of carbonyl (C=O) groups excluding carboxylic acids is 1. The highest BCUT2D eigenvalue weighted by molar-refractivity contribution is 7.99. The summed E-state index contributed by atoms with van der Waals surface area (Å²) in [5.41, 5.74) is 4.17. The van der Waals surface area contributed by atoms with Gasteiger partial charge in [0, 0.05) is 11.8 Å². The van der Waals surface area contributed by atoms with Gasteiger partial charge >= 0.3 is 0 Å². The second kappa shape index (κ2) is 8.24. The molecule has 4 aromatic rings. The maximum absolute atomic E-state index is 13.2. The maximum Gasteiger partial charge on any atom is 0.267 e. The van der Waals surface area contributed by atoms with E-state index in [1.165, 1.54) is 16.3 Å². The maximum atomic E-state index is 13.2. The standard InChI is InChI=1S/C24H21N3O2S/c1-15-8-10-18(17(3)12-15)21(28)14-30-24-26-20-7-5-4-6-19(20)23(29)27(24)22-11-9-16(2)13-25-22/h4-13H,14H2,1-3H3. The first-order valence-electron chi connectivity index (χ1n) is 9.62. The van der Waals surface area contributed by atoms with Crippen molar-refractivity contribution in [3.63, 3.8) is 0 Å². The lowest BCUT2D eigenvalue weighted by atomic mass is 10.0. The second-order valence-corrected chi connectivity index (χ2v) is 8.22. The van der Waals surface area contributed by atoms with Gasteiger partial charge in [0.2, 0.25) is 0 Å². The molecule has 6 heteroatoms. The van der Waals surface area contributed by atoms with Gasteiger partial charge in [0.15, 0.2) is 10.9 Å². The first kappa shape index (κ1) is 20.0. The van der Waals surface area contributed by atoms with E-state index in [1.807, 2.05) is 57.2 Å². The molecule has 0 bridgehead atoms. The molecule has 0 N–H and O–H groups in total. The van der Waals surface area contributed by atoms with Crippen molar-refractivity contribution in [1.29, 1.82) is 0 Å². The van der Waals surface area contributed by atoms with E-state index in [0.29, 0.717) is 27.4 Å². The lowest BCUT2D eigenvalue weighted by Gasteiger charge is -2.13. The molecule has 0 radical (unpaired) electrons. The molecule has 0 spiro atoms. The quantitative estimate of drug-likeness (QED) is 0.269. The van der Waals surface area contributed by atoms with E-state index in [4.69, 9.17) is 0 Å². The van der Waals surface area contributed by atoms with Crippen molar-refractivity contribution in [3.05, 3.63) is 93.4 Å². The Labute approximate surface area is 178 Å². The summed E-state index contributed by atoms with van der Waals surface area (Å²) in [5.74, 6) is 0.675. The fourth-order valence-electron chi connectivity index (χ4n) is 3.34. The van der Waals surface area contributed by atoms with E-state index in [9.17, 15) is 9.59 Å². The number of aryl methyl sites for hydroxylation is 3. The molecule has 0 saturated heterocycles. The Morgan fingerprint density at radius 1 is 1.00 bits per heavy atom. The minimum atomic E-state index is -0.196. The molecule has 0 aliphatic heterocycles. The monoisotopic (exact) mass is 415 g/mol.